The van der Waals surface area contributed by atoms with Crippen molar-refractivity contribution >= 4 is 5.91 Å². The van der Waals surface area contributed by atoms with Crippen molar-refractivity contribution in [2.24, 2.45) is 5.73 Å². The van der Waals surface area contributed by atoms with Crippen molar-refractivity contribution in [1.29, 1.82) is 0 Å². The summed E-state index contributed by atoms with van der Waals surface area (Å²) in [6, 6.07) is 0.511. The molecule has 0 aromatic rings. The molecular formula is C16H29N3O2. The number of carbonyl (C=O) groups is 1. The van der Waals surface area contributed by atoms with Gasteiger partial charge in [0.05, 0.1) is 17.7 Å². The van der Waals surface area contributed by atoms with E-state index in [1.165, 1.54) is 25.7 Å². The number of fused-ring (bicyclic) bond motifs is 2. The molecule has 3 fully saturated rings. The highest BCUT2D eigenvalue weighted by molar-refractivity contribution is 5.84. The van der Waals surface area contributed by atoms with E-state index < -0.39 is 5.54 Å². The minimum atomic E-state index is -0.523. The molecule has 0 aromatic heterocycles. The predicted octanol–water partition coefficient (Wildman–Crippen LogP) is 1.02. The maximum Gasteiger partial charge on any atom is 0.237 e. The van der Waals surface area contributed by atoms with Gasteiger partial charge in [-0.25, -0.2) is 0 Å². The topological polar surface area (TPSA) is 67.6 Å². The second-order valence-electron chi connectivity index (χ2n) is 7.29. The van der Waals surface area contributed by atoms with Crippen molar-refractivity contribution in [2.45, 2.75) is 75.7 Å². The molecule has 0 spiro atoms. The van der Waals surface area contributed by atoms with Gasteiger partial charge in [0, 0.05) is 19.1 Å². The van der Waals surface area contributed by atoms with E-state index >= 15 is 0 Å². The second-order valence-corrected chi connectivity index (χ2v) is 7.29. The van der Waals surface area contributed by atoms with Crippen molar-refractivity contribution in [3.8, 4) is 0 Å². The first-order valence-corrected chi connectivity index (χ1v) is 8.50. The normalized spacial score (nSPS) is 32.0. The lowest BCUT2D eigenvalue weighted by atomic mass is 9.93. The maximum atomic E-state index is 11.7. The highest BCUT2D eigenvalue weighted by Crippen LogP contribution is 2.27. The van der Waals surface area contributed by atoms with Crippen molar-refractivity contribution in [1.82, 2.24) is 10.2 Å². The molecule has 5 heteroatoms. The lowest BCUT2D eigenvalue weighted by Crippen LogP contribution is -2.54. The van der Waals surface area contributed by atoms with E-state index in [-0.39, 0.29) is 5.91 Å². The van der Waals surface area contributed by atoms with Crippen LogP contribution in [0.5, 0.6) is 0 Å². The smallest absolute Gasteiger partial charge is 0.237 e. The summed E-state index contributed by atoms with van der Waals surface area (Å²) < 4.78 is 5.86. The van der Waals surface area contributed by atoms with Gasteiger partial charge >= 0.3 is 0 Å². The number of ether oxygens (including phenoxy) is 1. The van der Waals surface area contributed by atoms with Gasteiger partial charge in [0.1, 0.15) is 0 Å². The number of amides is 1. The van der Waals surface area contributed by atoms with Crippen LogP contribution < -0.4 is 11.1 Å². The largest absolute Gasteiger partial charge is 0.372 e. The minimum Gasteiger partial charge on any atom is -0.372 e. The van der Waals surface area contributed by atoms with E-state index in [0.29, 0.717) is 18.2 Å². The quantitative estimate of drug-likeness (QED) is 0.656. The van der Waals surface area contributed by atoms with E-state index in [1.807, 2.05) is 6.92 Å². The van der Waals surface area contributed by atoms with Crippen LogP contribution in [0.15, 0.2) is 0 Å². The molecule has 120 valence electrons. The molecule has 1 amide bonds. The van der Waals surface area contributed by atoms with Crippen LogP contribution in [-0.2, 0) is 9.53 Å². The summed E-state index contributed by atoms with van der Waals surface area (Å²) in [5.74, 6) is -0.209. The molecule has 1 aliphatic carbocycles. The Kier molecular flexibility index (Phi) is 4.52. The molecule has 0 radical (unpaired) electrons. The third-order valence-corrected chi connectivity index (χ3v) is 5.16. The van der Waals surface area contributed by atoms with Crippen LogP contribution in [0.25, 0.3) is 0 Å². The van der Waals surface area contributed by atoms with E-state index in [4.69, 9.17) is 10.5 Å². The van der Waals surface area contributed by atoms with Gasteiger partial charge in [0.15, 0.2) is 0 Å². The molecule has 5 nitrogen and oxygen atoms in total. The number of nitrogens with one attached hydrogen (secondary N) is 1. The van der Waals surface area contributed by atoms with Crippen LogP contribution in [0.2, 0.25) is 0 Å². The molecule has 1 saturated carbocycles. The van der Waals surface area contributed by atoms with Crippen LogP contribution in [0.3, 0.4) is 0 Å². The molecule has 21 heavy (non-hydrogen) atoms. The number of unbranched alkanes of at least 4 members (excludes halogenated alkanes) is 1. The summed E-state index contributed by atoms with van der Waals surface area (Å²) >= 11 is 0. The summed E-state index contributed by atoms with van der Waals surface area (Å²) in [6.45, 7) is 5.26. The molecule has 3 unspecified atom stereocenters. The fourth-order valence-corrected chi connectivity index (χ4v) is 3.64. The number of primary amides is 1. The molecule has 0 aromatic carbocycles. The van der Waals surface area contributed by atoms with E-state index in [9.17, 15) is 4.79 Å². The number of rotatable bonds is 8. The van der Waals surface area contributed by atoms with Gasteiger partial charge in [0.2, 0.25) is 5.91 Å². The first-order chi connectivity index (χ1) is 10.0. The number of nitrogens with two attached hydrogens (primary N) is 1. The molecule has 3 N–H and O–H groups in total. The van der Waals surface area contributed by atoms with Crippen LogP contribution >= 0.6 is 0 Å². The van der Waals surface area contributed by atoms with Crippen LogP contribution in [0.4, 0.5) is 0 Å². The van der Waals surface area contributed by atoms with Gasteiger partial charge in [-0.05, 0) is 58.4 Å². The molecule has 3 aliphatic rings. The Morgan fingerprint density at radius 1 is 1.24 bits per heavy atom. The van der Waals surface area contributed by atoms with Gasteiger partial charge in [-0.1, -0.05) is 0 Å². The van der Waals surface area contributed by atoms with Crippen molar-refractivity contribution in [3.63, 3.8) is 0 Å². The summed E-state index contributed by atoms with van der Waals surface area (Å²) in [5, 5.41) is 3.42. The van der Waals surface area contributed by atoms with Gasteiger partial charge < -0.3 is 15.8 Å². The molecule has 2 bridgehead atoms. The van der Waals surface area contributed by atoms with Crippen LogP contribution in [0, 0.1) is 0 Å². The monoisotopic (exact) mass is 295 g/mol. The van der Waals surface area contributed by atoms with Gasteiger partial charge in [-0.2, -0.15) is 0 Å². The fraction of sp³-hybridized carbons (Fsp3) is 0.938. The number of carbonyl (C=O) groups excluding carboxylic acids is 1. The van der Waals surface area contributed by atoms with Crippen LogP contribution in [0.1, 0.15) is 51.9 Å². The molecule has 3 rings (SSSR count). The zero-order valence-corrected chi connectivity index (χ0v) is 13.1. The third-order valence-electron chi connectivity index (χ3n) is 5.16. The highest BCUT2D eigenvalue weighted by atomic mass is 16.5. The molecule has 2 aliphatic heterocycles. The Hall–Kier alpha value is -0.650. The van der Waals surface area contributed by atoms with E-state index in [0.717, 1.165) is 38.9 Å². The van der Waals surface area contributed by atoms with Crippen molar-refractivity contribution in [3.05, 3.63) is 0 Å². The predicted molar refractivity (Wildman–Crippen MR) is 81.9 cm³/mol. The maximum absolute atomic E-state index is 11.7. The summed E-state index contributed by atoms with van der Waals surface area (Å²) in [7, 11) is 0. The Labute approximate surface area is 127 Å². The third kappa shape index (κ3) is 3.96. The van der Waals surface area contributed by atoms with Crippen molar-refractivity contribution in [2.75, 3.05) is 19.6 Å². The lowest BCUT2D eigenvalue weighted by Gasteiger charge is -2.32. The Morgan fingerprint density at radius 3 is 2.48 bits per heavy atom. The van der Waals surface area contributed by atoms with Gasteiger partial charge in [-0.3, -0.25) is 9.69 Å². The average Bonchev–Trinajstić information content (AvgIpc) is 3.18. The highest BCUT2D eigenvalue weighted by Gasteiger charge is 2.37. The van der Waals surface area contributed by atoms with E-state index in [2.05, 4.69) is 10.2 Å². The first-order valence-electron chi connectivity index (χ1n) is 8.50. The Bertz CT molecular complexity index is 374. The Morgan fingerprint density at radius 2 is 1.90 bits per heavy atom. The molecule has 3 atom stereocenters. The zero-order valence-electron chi connectivity index (χ0n) is 13.1. The number of hydrogen-bond donors (Lipinski definition) is 2. The van der Waals surface area contributed by atoms with Crippen LogP contribution in [-0.4, -0.2) is 54.2 Å². The minimum absolute atomic E-state index is 0.209. The van der Waals surface area contributed by atoms with Gasteiger partial charge in [0.25, 0.3) is 0 Å². The van der Waals surface area contributed by atoms with Gasteiger partial charge in [-0.15, -0.1) is 0 Å². The lowest BCUT2D eigenvalue weighted by molar-refractivity contribution is -0.124. The first kappa shape index (κ1) is 15.3. The van der Waals surface area contributed by atoms with E-state index in [1.54, 1.807) is 0 Å². The summed E-state index contributed by atoms with van der Waals surface area (Å²) in [4.78, 5) is 14.2. The molecule has 2 heterocycles. The number of hydrogen-bond acceptors (Lipinski definition) is 4. The van der Waals surface area contributed by atoms with Crippen molar-refractivity contribution < 1.29 is 9.53 Å². The standard InChI is InChI=1S/C16H29N3O2/c1-16(15(17)20,18-12-4-5-12)8-2-3-9-19-10-13-6-7-14(11-19)21-13/h12-14,18H,2-11H2,1H3,(H2,17,20). The Balaban J connectivity index is 1.37. The second kappa shape index (κ2) is 6.23. The number of morpholine rings is 1. The number of nitrogens with zero attached hydrogens (tertiary/aromatic N) is 1. The fourth-order valence-electron chi connectivity index (χ4n) is 3.64. The molecular weight excluding hydrogens is 266 g/mol. The summed E-state index contributed by atoms with van der Waals surface area (Å²) in [5.41, 5.74) is 5.07. The molecule has 2 saturated heterocycles. The SMILES string of the molecule is CC(CCCCN1CC2CCC(C1)O2)(NC1CC1)C(N)=O. The zero-order chi connectivity index (χ0) is 14.9. The summed E-state index contributed by atoms with van der Waals surface area (Å²) in [6.07, 6.45) is 8.78. The average molecular weight is 295 g/mol. The number of likely N-dealkylation sites (tertiary alicyclic amines) is 1.